The van der Waals surface area contributed by atoms with Gasteiger partial charge in [-0.2, -0.15) is 0 Å². The molecule has 0 spiro atoms. The van der Waals surface area contributed by atoms with Crippen molar-refractivity contribution in [3.63, 3.8) is 0 Å². The van der Waals surface area contributed by atoms with E-state index >= 15 is 0 Å². The number of rotatable bonds is 13. The van der Waals surface area contributed by atoms with Crippen molar-refractivity contribution in [2.75, 3.05) is 6.61 Å². The van der Waals surface area contributed by atoms with Gasteiger partial charge in [-0.25, -0.2) is 0 Å². The topological polar surface area (TPSA) is 331 Å². The summed E-state index contributed by atoms with van der Waals surface area (Å²) in [5.74, 6) is -0.942. The van der Waals surface area contributed by atoms with E-state index in [4.69, 9.17) is 37.9 Å². The van der Waals surface area contributed by atoms with E-state index < -0.39 is 158 Å². The molecule has 8 aliphatic rings. The van der Waals surface area contributed by atoms with Gasteiger partial charge in [0, 0.05) is 18.8 Å². The van der Waals surface area contributed by atoms with Crippen molar-refractivity contribution in [3.05, 3.63) is 11.6 Å². The van der Waals surface area contributed by atoms with Gasteiger partial charge < -0.3 is 94.1 Å². The normalized spacial score (nSPS) is 52.7. The molecule has 0 bridgehead atoms. The van der Waals surface area contributed by atoms with Gasteiger partial charge in [-0.1, -0.05) is 40.2 Å². The van der Waals surface area contributed by atoms with Crippen LogP contribution in [-0.4, -0.2) is 209 Å². The first-order chi connectivity index (χ1) is 34.8. The Morgan fingerprint density at radius 2 is 1.12 bits per heavy atom. The summed E-state index contributed by atoms with van der Waals surface area (Å²) < 4.78 is 49.9. The lowest BCUT2D eigenvalue weighted by molar-refractivity contribution is -0.400. The first-order valence-corrected chi connectivity index (χ1v) is 27.2. The van der Waals surface area contributed by atoms with Crippen LogP contribution in [0.4, 0.5) is 0 Å². The van der Waals surface area contributed by atoms with Gasteiger partial charge in [0.1, 0.15) is 85.1 Å². The molecule has 75 heavy (non-hydrogen) atoms. The summed E-state index contributed by atoms with van der Waals surface area (Å²) in [6.07, 6.45) is -26.2. The van der Waals surface area contributed by atoms with Crippen LogP contribution < -0.4 is 0 Å². The van der Waals surface area contributed by atoms with E-state index in [1.165, 1.54) is 20.8 Å². The quantitative estimate of drug-likeness (QED) is 0.0871. The average Bonchev–Trinajstić information content (AvgIpc) is 3.72. The molecule has 4 saturated carbocycles. The molecule has 0 radical (unpaired) electrons. The molecule has 0 amide bonds. The molecular formula is C54H88O21. The molecule has 21 nitrogen and oxygen atoms in total. The van der Waals surface area contributed by atoms with Gasteiger partial charge in [0.15, 0.2) is 30.9 Å². The third-order valence-corrected chi connectivity index (χ3v) is 20.2. The predicted octanol–water partition coefficient (Wildman–Crippen LogP) is 0.267. The van der Waals surface area contributed by atoms with Crippen LogP contribution in [-0.2, 0) is 47.5 Å². The second-order valence-electron chi connectivity index (χ2n) is 25.6. The minimum atomic E-state index is -1.87. The highest BCUT2D eigenvalue weighted by atomic mass is 16.8. The molecule has 4 heterocycles. The number of ether oxygens (including phenoxy) is 8. The molecule has 4 aliphatic heterocycles. The molecule has 0 aromatic heterocycles. The maximum absolute atomic E-state index is 14.8. The van der Waals surface area contributed by atoms with Gasteiger partial charge in [-0.3, -0.25) is 9.59 Å². The minimum absolute atomic E-state index is 0.0358. The van der Waals surface area contributed by atoms with Gasteiger partial charge in [0.2, 0.25) is 0 Å². The van der Waals surface area contributed by atoms with Crippen LogP contribution in [0.1, 0.15) is 128 Å². The zero-order valence-corrected chi connectivity index (χ0v) is 45.4. The van der Waals surface area contributed by atoms with Crippen molar-refractivity contribution in [1.82, 2.24) is 0 Å². The third kappa shape index (κ3) is 10.4. The van der Waals surface area contributed by atoms with E-state index in [2.05, 4.69) is 34.6 Å². The summed E-state index contributed by atoms with van der Waals surface area (Å²) in [6.45, 7) is 20.2. The Bertz CT molecular complexity index is 2070. The lowest BCUT2D eigenvalue weighted by Crippen LogP contribution is -2.68. The number of hydrogen-bond acceptors (Lipinski definition) is 21. The Morgan fingerprint density at radius 3 is 1.67 bits per heavy atom. The fraction of sp³-hybridized carbons (Fsp3) is 0.926. The smallest absolute Gasteiger partial charge is 0.187 e. The summed E-state index contributed by atoms with van der Waals surface area (Å²) in [4.78, 5) is 27.9. The van der Waals surface area contributed by atoms with E-state index in [1.54, 1.807) is 13.0 Å². The van der Waals surface area contributed by atoms with Crippen LogP contribution in [0, 0.1) is 45.3 Å². The number of carbonyl (C=O) groups is 2. The lowest BCUT2D eigenvalue weighted by Gasteiger charge is -2.69. The SMILES string of the molecule is CC(C)=CC(=O)C[C@](C)(O)[C@H]1CC[C@]2(C)[C@@H]1C(=O)C[C@@H]1[C@]3(C)CC[C@@H](O[C@@H]4O[C@H](CO[C@@H]5O[C@@H](C)[C@H](O)[C@@H](O)[C@H]5O)[C@@H](O)[C@@H](O[C@@H]5O[C@@H](C)[C@@H](O)[C@@H](O)[C@H]5O)[C@H]4O[C@@H]4O[C@@H](C)[C@H](O)[C@@H](O)[C@H]4O)C(C)(C)[C@H]3CC[C@]12C. The Balaban J connectivity index is 1.10. The van der Waals surface area contributed by atoms with E-state index in [0.29, 0.717) is 25.7 Å². The summed E-state index contributed by atoms with van der Waals surface area (Å²) in [7, 11) is 0. The number of carbonyl (C=O) groups excluding carboxylic acids is 2. The Morgan fingerprint density at radius 1 is 0.613 bits per heavy atom. The van der Waals surface area contributed by atoms with Crippen molar-refractivity contribution in [2.45, 2.75) is 262 Å². The Hall–Kier alpha value is -1.68. The highest BCUT2D eigenvalue weighted by Gasteiger charge is 2.72. The second-order valence-corrected chi connectivity index (χ2v) is 25.6. The van der Waals surface area contributed by atoms with E-state index in [9.17, 15) is 65.8 Å². The van der Waals surface area contributed by atoms with Gasteiger partial charge in [0.25, 0.3) is 0 Å². The van der Waals surface area contributed by atoms with Crippen LogP contribution in [0.5, 0.6) is 0 Å². The largest absolute Gasteiger partial charge is 0.389 e. The molecule has 4 aliphatic carbocycles. The van der Waals surface area contributed by atoms with Crippen molar-refractivity contribution in [1.29, 1.82) is 0 Å². The second kappa shape index (κ2) is 21.7. The molecule has 8 rings (SSSR count). The first kappa shape index (κ1) is 59.4. The first-order valence-electron chi connectivity index (χ1n) is 27.2. The molecule has 29 atom stereocenters. The monoisotopic (exact) mass is 1070 g/mol. The molecular weight excluding hydrogens is 985 g/mol. The molecule has 0 unspecified atom stereocenters. The van der Waals surface area contributed by atoms with E-state index in [-0.39, 0.29) is 46.6 Å². The standard InChI is InChI=1S/C54H88O21/c1-22(2)18-26(55)20-54(11,67)27-12-16-53(10)33(27)28(56)19-31-51(8)15-14-32(50(6,7)30(51)13-17-52(31,53)9)73-49-45(75-48-43(66)40(63)36(59)25(5)71-48)44(74-47-42(65)39(62)35(58)24(4)70-47)37(60)29(72-49)21-68-46-41(64)38(61)34(57)23(3)69-46/h18,23-25,27,29-49,57-67H,12-17,19-21H2,1-11H3/t23-,24-,25-,27-,29+,30+,31+,32+,33-,34-,35+,36-,37+,38+,39+,40+,41+,42+,43+,44+,45+,46+,47-,48-,49-,51+,52+,53+,54-/m0/s1. The van der Waals surface area contributed by atoms with Gasteiger partial charge in [-0.05, 0) is 126 Å². The number of hydrogen-bond donors (Lipinski definition) is 11. The molecule has 430 valence electrons. The zero-order chi connectivity index (χ0) is 55.4. The van der Waals surface area contributed by atoms with Crippen molar-refractivity contribution in [3.8, 4) is 0 Å². The minimum Gasteiger partial charge on any atom is -0.389 e. The number of ketones is 2. The Kier molecular flexibility index (Phi) is 17.2. The van der Waals surface area contributed by atoms with Crippen LogP contribution in [0.3, 0.4) is 0 Å². The fourth-order valence-electron chi connectivity index (χ4n) is 15.7. The summed E-state index contributed by atoms with van der Waals surface area (Å²) >= 11 is 0. The average molecular weight is 1070 g/mol. The molecule has 4 saturated heterocycles. The third-order valence-electron chi connectivity index (χ3n) is 20.2. The lowest BCUT2D eigenvalue weighted by atomic mass is 9.35. The number of Topliss-reactive ketones (excluding diaryl/α,β-unsaturated/α-hetero) is 1. The van der Waals surface area contributed by atoms with Crippen molar-refractivity contribution < 1.29 is 104 Å². The predicted molar refractivity (Wildman–Crippen MR) is 261 cm³/mol. The van der Waals surface area contributed by atoms with Crippen LogP contribution in [0.15, 0.2) is 11.6 Å². The van der Waals surface area contributed by atoms with Gasteiger partial charge in [-0.15, -0.1) is 0 Å². The number of allylic oxidation sites excluding steroid dienone is 2. The van der Waals surface area contributed by atoms with Crippen molar-refractivity contribution >= 4 is 11.6 Å². The highest BCUT2D eigenvalue weighted by molar-refractivity contribution is 5.91. The molecule has 0 aromatic carbocycles. The molecule has 11 N–H and O–H groups in total. The maximum atomic E-state index is 14.8. The molecule has 0 aromatic rings. The van der Waals surface area contributed by atoms with Crippen LogP contribution in [0.2, 0.25) is 0 Å². The van der Waals surface area contributed by atoms with E-state index in [1.807, 2.05) is 13.8 Å². The van der Waals surface area contributed by atoms with Crippen molar-refractivity contribution in [2.24, 2.45) is 45.3 Å². The van der Waals surface area contributed by atoms with Gasteiger partial charge >= 0.3 is 0 Å². The number of fused-ring (bicyclic) bond motifs is 5. The summed E-state index contributed by atoms with van der Waals surface area (Å²) in [6, 6.07) is 0. The Labute approximate surface area is 439 Å². The van der Waals surface area contributed by atoms with E-state index in [0.717, 1.165) is 24.8 Å². The molecule has 8 fully saturated rings. The summed E-state index contributed by atoms with van der Waals surface area (Å²) in [5.41, 5.74) is -2.35. The zero-order valence-electron chi connectivity index (χ0n) is 45.4. The van der Waals surface area contributed by atoms with Crippen LogP contribution >= 0.6 is 0 Å². The number of aliphatic hydroxyl groups excluding tert-OH is 10. The maximum Gasteiger partial charge on any atom is 0.187 e. The number of aliphatic hydroxyl groups is 11. The van der Waals surface area contributed by atoms with Gasteiger partial charge in [0.05, 0.1) is 36.6 Å². The summed E-state index contributed by atoms with van der Waals surface area (Å²) in [5, 5.41) is 122. The van der Waals surface area contributed by atoms with Crippen LogP contribution in [0.25, 0.3) is 0 Å². The highest BCUT2D eigenvalue weighted by Crippen LogP contribution is 2.75. The fourth-order valence-corrected chi connectivity index (χ4v) is 15.7. The molecule has 21 heteroatoms.